The molecule has 2 aliphatic rings. The first-order chi connectivity index (χ1) is 12.4. The van der Waals surface area contributed by atoms with Crippen LogP contribution >= 0.6 is 0 Å². The number of ether oxygens (including phenoxy) is 1. The van der Waals surface area contributed by atoms with Crippen LogP contribution in [0.15, 0.2) is 24.3 Å². The third-order valence-electron chi connectivity index (χ3n) is 5.87. The van der Waals surface area contributed by atoms with Crippen LogP contribution in [0.2, 0.25) is 0 Å². The Hall–Kier alpha value is -2.08. The molecule has 6 heteroatoms. The molecule has 1 aromatic rings. The fraction of sp³-hybridized carbons (Fsp3) is 0.600. The number of nitrogens with zero attached hydrogens (tertiary/aromatic N) is 2. The number of nitrogens with two attached hydrogens (primary N) is 1. The van der Waals surface area contributed by atoms with Crippen molar-refractivity contribution in [1.82, 2.24) is 9.80 Å². The molecule has 0 radical (unpaired) electrons. The zero-order valence-corrected chi connectivity index (χ0v) is 15.9. The Balaban J connectivity index is 1.81. The first-order valence-electron chi connectivity index (χ1n) is 9.36. The number of piperidine rings is 1. The topological polar surface area (TPSA) is 75.9 Å². The summed E-state index contributed by atoms with van der Waals surface area (Å²) in [5.74, 6) is 0.855. The van der Waals surface area contributed by atoms with Crippen molar-refractivity contribution < 1.29 is 14.3 Å². The standard InChI is InChI=1S/C20H29N3O3/c1-13(21)15-5-4-10-23(12-15)20(25)17-11-18(24)22(2)19(17)14-6-8-16(26-3)9-7-14/h6-9,13,15,17,19H,4-5,10-12,21H2,1-3H3/t13-,15+,17-,19-/m1/s1. The summed E-state index contributed by atoms with van der Waals surface area (Å²) in [5.41, 5.74) is 7.03. The van der Waals surface area contributed by atoms with E-state index >= 15 is 0 Å². The van der Waals surface area contributed by atoms with Crippen molar-refractivity contribution in [2.75, 3.05) is 27.2 Å². The maximum atomic E-state index is 13.2. The van der Waals surface area contributed by atoms with Gasteiger partial charge in [0.1, 0.15) is 5.75 Å². The van der Waals surface area contributed by atoms with E-state index in [4.69, 9.17) is 10.5 Å². The minimum atomic E-state index is -0.340. The van der Waals surface area contributed by atoms with Crippen molar-refractivity contribution in [1.29, 1.82) is 0 Å². The third-order valence-corrected chi connectivity index (χ3v) is 5.87. The van der Waals surface area contributed by atoms with Crippen molar-refractivity contribution in [3.05, 3.63) is 29.8 Å². The van der Waals surface area contributed by atoms with E-state index in [2.05, 4.69) is 0 Å². The Bertz CT molecular complexity index is 659. The van der Waals surface area contributed by atoms with Crippen LogP contribution in [0.25, 0.3) is 0 Å². The summed E-state index contributed by atoms with van der Waals surface area (Å²) >= 11 is 0. The molecule has 26 heavy (non-hydrogen) atoms. The van der Waals surface area contributed by atoms with Crippen LogP contribution in [0.1, 0.15) is 37.8 Å². The lowest BCUT2D eigenvalue weighted by molar-refractivity contribution is -0.138. The molecule has 3 rings (SSSR count). The number of amides is 2. The quantitative estimate of drug-likeness (QED) is 0.889. The largest absolute Gasteiger partial charge is 0.497 e. The average molecular weight is 359 g/mol. The molecule has 0 spiro atoms. The van der Waals surface area contributed by atoms with Gasteiger partial charge in [0.2, 0.25) is 11.8 Å². The van der Waals surface area contributed by atoms with E-state index in [0.717, 1.165) is 30.7 Å². The van der Waals surface area contributed by atoms with E-state index in [0.29, 0.717) is 12.5 Å². The average Bonchev–Trinajstić information content (AvgIpc) is 2.96. The van der Waals surface area contributed by atoms with Crippen molar-refractivity contribution in [3.8, 4) is 5.75 Å². The van der Waals surface area contributed by atoms with Crippen LogP contribution in [-0.2, 0) is 9.59 Å². The minimum Gasteiger partial charge on any atom is -0.497 e. The molecule has 0 saturated carbocycles. The Morgan fingerprint density at radius 2 is 2.00 bits per heavy atom. The van der Waals surface area contributed by atoms with Gasteiger partial charge in [-0.25, -0.2) is 0 Å². The molecule has 2 N–H and O–H groups in total. The molecule has 2 aliphatic heterocycles. The van der Waals surface area contributed by atoms with Crippen molar-refractivity contribution in [2.24, 2.45) is 17.6 Å². The van der Waals surface area contributed by atoms with E-state index in [1.165, 1.54) is 0 Å². The van der Waals surface area contributed by atoms with Crippen LogP contribution in [0.5, 0.6) is 5.75 Å². The second kappa shape index (κ2) is 7.66. The second-order valence-corrected chi connectivity index (χ2v) is 7.58. The van der Waals surface area contributed by atoms with Crippen LogP contribution in [-0.4, -0.2) is 54.9 Å². The molecule has 0 bridgehead atoms. The first-order valence-corrected chi connectivity index (χ1v) is 9.36. The number of carbonyl (C=O) groups is 2. The monoisotopic (exact) mass is 359 g/mol. The van der Waals surface area contributed by atoms with Gasteiger partial charge < -0.3 is 20.3 Å². The van der Waals surface area contributed by atoms with Gasteiger partial charge in [-0.05, 0) is 43.4 Å². The van der Waals surface area contributed by atoms with E-state index in [1.807, 2.05) is 36.1 Å². The summed E-state index contributed by atoms with van der Waals surface area (Å²) < 4.78 is 5.22. The van der Waals surface area contributed by atoms with Gasteiger partial charge in [-0.3, -0.25) is 9.59 Å². The zero-order valence-electron chi connectivity index (χ0n) is 15.9. The number of benzene rings is 1. The Morgan fingerprint density at radius 3 is 2.62 bits per heavy atom. The number of methoxy groups -OCH3 is 1. The summed E-state index contributed by atoms with van der Waals surface area (Å²) in [6.07, 6.45) is 2.31. The Labute approximate surface area is 155 Å². The molecule has 0 unspecified atom stereocenters. The van der Waals surface area contributed by atoms with Crippen molar-refractivity contribution >= 4 is 11.8 Å². The van der Waals surface area contributed by atoms with Crippen LogP contribution in [0.3, 0.4) is 0 Å². The maximum absolute atomic E-state index is 13.2. The van der Waals surface area contributed by atoms with E-state index in [9.17, 15) is 9.59 Å². The summed E-state index contributed by atoms with van der Waals surface area (Å²) in [4.78, 5) is 29.2. The van der Waals surface area contributed by atoms with Crippen molar-refractivity contribution in [2.45, 2.75) is 38.3 Å². The summed E-state index contributed by atoms with van der Waals surface area (Å²) in [7, 11) is 3.41. The van der Waals surface area contributed by atoms with E-state index in [1.54, 1.807) is 19.1 Å². The van der Waals surface area contributed by atoms with Gasteiger partial charge in [0.25, 0.3) is 0 Å². The van der Waals surface area contributed by atoms with Gasteiger partial charge in [-0.2, -0.15) is 0 Å². The number of carbonyl (C=O) groups excluding carboxylic acids is 2. The first kappa shape index (κ1) is 18.7. The maximum Gasteiger partial charge on any atom is 0.228 e. The third kappa shape index (κ3) is 3.56. The minimum absolute atomic E-state index is 0.0184. The highest BCUT2D eigenvalue weighted by molar-refractivity contribution is 5.90. The van der Waals surface area contributed by atoms with Crippen molar-refractivity contribution in [3.63, 3.8) is 0 Å². The van der Waals surface area contributed by atoms with Gasteiger partial charge in [-0.15, -0.1) is 0 Å². The highest BCUT2D eigenvalue weighted by Gasteiger charge is 2.44. The normalized spacial score (nSPS) is 27.5. The molecule has 2 amide bonds. The van der Waals surface area contributed by atoms with Gasteiger partial charge in [0.15, 0.2) is 0 Å². The van der Waals surface area contributed by atoms with Gasteiger partial charge in [0.05, 0.1) is 19.1 Å². The SMILES string of the molecule is COc1ccc([C@@H]2[C@H](C(=O)N3CCC[C@H]([C@@H](C)N)C3)CC(=O)N2C)cc1. The lowest BCUT2D eigenvalue weighted by Gasteiger charge is -2.37. The molecule has 2 saturated heterocycles. The highest BCUT2D eigenvalue weighted by atomic mass is 16.5. The predicted octanol–water partition coefficient (Wildman–Crippen LogP) is 1.80. The lowest BCUT2D eigenvalue weighted by Crippen LogP contribution is -2.47. The lowest BCUT2D eigenvalue weighted by atomic mass is 9.88. The molecule has 0 aromatic heterocycles. The smallest absolute Gasteiger partial charge is 0.228 e. The zero-order chi connectivity index (χ0) is 18.8. The number of hydrogen-bond acceptors (Lipinski definition) is 4. The molecule has 0 aliphatic carbocycles. The highest BCUT2D eigenvalue weighted by Crippen LogP contribution is 2.39. The van der Waals surface area contributed by atoms with Crippen LogP contribution in [0, 0.1) is 11.8 Å². The molecule has 142 valence electrons. The summed E-state index contributed by atoms with van der Waals surface area (Å²) in [6, 6.07) is 7.49. The molecular formula is C20H29N3O3. The molecule has 2 heterocycles. The molecule has 2 fully saturated rings. The number of rotatable bonds is 4. The Kier molecular flexibility index (Phi) is 5.51. The predicted molar refractivity (Wildman–Crippen MR) is 99.6 cm³/mol. The fourth-order valence-corrected chi connectivity index (χ4v) is 4.22. The molecule has 4 atom stereocenters. The van der Waals surface area contributed by atoms with Gasteiger partial charge in [0, 0.05) is 32.6 Å². The van der Waals surface area contributed by atoms with E-state index in [-0.39, 0.29) is 36.2 Å². The van der Waals surface area contributed by atoms with Gasteiger partial charge in [-0.1, -0.05) is 12.1 Å². The molecular weight excluding hydrogens is 330 g/mol. The second-order valence-electron chi connectivity index (χ2n) is 7.58. The Morgan fingerprint density at radius 1 is 1.31 bits per heavy atom. The number of likely N-dealkylation sites (tertiary alicyclic amines) is 2. The fourth-order valence-electron chi connectivity index (χ4n) is 4.22. The van der Waals surface area contributed by atoms with Crippen LogP contribution in [0.4, 0.5) is 0 Å². The van der Waals surface area contributed by atoms with Gasteiger partial charge >= 0.3 is 0 Å². The number of hydrogen-bond donors (Lipinski definition) is 1. The van der Waals surface area contributed by atoms with Crippen LogP contribution < -0.4 is 10.5 Å². The van der Waals surface area contributed by atoms with E-state index < -0.39 is 0 Å². The summed E-state index contributed by atoms with van der Waals surface area (Å²) in [6.45, 7) is 3.46. The molecule has 6 nitrogen and oxygen atoms in total. The molecule has 1 aromatic carbocycles. The summed E-state index contributed by atoms with van der Waals surface area (Å²) in [5, 5.41) is 0.